The number of urea groups is 1. The lowest BCUT2D eigenvalue weighted by Gasteiger charge is -2.31. The molecule has 0 spiro atoms. The predicted molar refractivity (Wildman–Crippen MR) is 80.7 cm³/mol. The van der Waals surface area contributed by atoms with Crippen molar-refractivity contribution in [3.63, 3.8) is 0 Å². The Morgan fingerprint density at radius 2 is 2.23 bits per heavy atom. The summed E-state index contributed by atoms with van der Waals surface area (Å²) in [6.07, 6.45) is 3.43. The van der Waals surface area contributed by atoms with Crippen LogP contribution in [0.4, 0.5) is 14.9 Å². The van der Waals surface area contributed by atoms with Gasteiger partial charge in [-0.3, -0.25) is 0 Å². The van der Waals surface area contributed by atoms with Crippen LogP contribution in [0.25, 0.3) is 0 Å². The first-order valence-electron chi connectivity index (χ1n) is 7.41. The van der Waals surface area contributed by atoms with Crippen LogP contribution in [0.1, 0.15) is 31.2 Å². The molecule has 2 rings (SSSR count). The molecule has 0 bridgehead atoms. The summed E-state index contributed by atoms with van der Waals surface area (Å²) < 4.78 is 13.2. The zero-order valence-electron chi connectivity index (χ0n) is 12.6. The van der Waals surface area contributed by atoms with Crippen molar-refractivity contribution in [2.24, 2.45) is 5.92 Å². The molecular weight excluding hydrogens is 285 g/mol. The van der Waals surface area contributed by atoms with Crippen molar-refractivity contribution in [3.05, 3.63) is 29.6 Å². The second-order valence-corrected chi connectivity index (χ2v) is 5.73. The van der Waals surface area contributed by atoms with Crippen molar-refractivity contribution < 1.29 is 14.3 Å². The Bertz CT molecular complexity index is 585. The number of rotatable bonds is 3. The van der Waals surface area contributed by atoms with Crippen molar-refractivity contribution >= 4 is 11.7 Å². The zero-order chi connectivity index (χ0) is 16.1. The number of halogens is 1. The smallest absolute Gasteiger partial charge is 0.321 e. The first-order chi connectivity index (χ1) is 10.5. The van der Waals surface area contributed by atoms with Gasteiger partial charge in [0, 0.05) is 25.2 Å². The Morgan fingerprint density at radius 3 is 2.91 bits per heavy atom. The first-order valence-corrected chi connectivity index (χ1v) is 7.41. The molecule has 1 aromatic rings. The number of hydrogen-bond donors (Lipinski definition) is 2. The monoisotopic (exact) mass is 305 g/mol. The number of benzene rings is 1. The third kappa shape index (κ3) is 3.95. The number of nitrogens with one attached hydrogen (secondary N) is 1. The van der Waals surface area contributed by atoms with E-state index in [9.17, 15) is 14.3 Å². The molecule has 0 aromatic heterocycles. The van der Waals surface area contributed by atoms with Gasteiger partial charge in [-0.15, -0.1) is 0 Å². The molecule has 0 radical (unpaired) electrons. The van der Waals surface area contributed by atoms with Crippen molar-refractivity contribution in [1.29, 1.82) is 5.26 Å². The van der Waals surface area contributed by atoms with Crippen molar-refractivity contribution in [3.8, 4) is 6.07 Å². The van der Waals surface area contributed by atoms with Crippen molar-refractivity contribution in [1.82, 2.24) is 4.90 Å². The van der Waals surface area contributed by atoms with E-state index < -0.39 is 5.82 Å². The molecule has 1 aliphatic rings. The Labute approximate surface area is 129 Å². The van der Waals surface area contributed by atoms with Gasteiger partial charge in [0.15, 0.2) is 0 Å². The van der Waals surface area contributed by atoms with Crippen LogP contribution in [0.3, 0.4) is 0 Å². The number of amides is 2. The molecule has 1 aromatic carbocycles. The lowest BCUT2D eigenvalue weighted by Crippen LogP contribution is -2.40. The van der Waals surface area contributed by atoms with Gasteiger partial charge in [0.2, 0.25) is 0 Å². The maximum absolute atomic E-state index is 13.2. The molecule has 1 aliphatic carbocycles. The van der Waals surface area contributed by atoms with E-state index >= 15 is 0 Å². The summed E-state index contributed by atoms with van der Waals surface area (Å²) in [5.74, 6) is -0.522. The molecule has 2 unspecified atom stereocenters. The Kier molecular flexibility index (Phi) is 5.34. The highest BCUT2D eigenvalue weighted by Gasteiger charge is 2.25. The summed E-state index contributed by atoms with van der Waals surface area (Å²) >= 11 is 0. The number of carbonyl (C=O) groups is 1. The van der Waals surface area contributed by atoms with Gasteiger partial charge in [0.1, 0.15) is 11.9 Å². The summed E-state index contributed by atoms with van der Waals surface area (Å²) in [7, 11) is 1.66. The molecule has 1 fully saturated rings. The van der Waals surface area contributed by atoms with Gasteiger partial charge in [-0.2, -0.15) is 5.26 Å². The SMILES string of the molecule is CN(CC1CCCCC1O)C(=O)Nc1ccc(F)c(C#N)c1. The standard InChI is InChI=1S/C16H20FN3O2/c1-20(10-11-4-2-3-5-15(11)21)16(22)19-13-6-7-14(17)12(8-13)9-18/h6-8,11,15,21H,2-5,10H2,1H3,(H,19,22). The van der Waals surface area contributed by atoms with Crippen LogP contribution in [0.5, 0.6) is 0 Å². The topological polar surface area (TPSA) is 76.4 Å². The minimum atomic E-state index is -0.612. The average molecular weight is 305 g/mol. The van der Waals surface area contributed by atoms with Crippen molar-refractivity contribution in [2.45, 2.75) is 31.8 Å². The first kappa shape index (κ1) is 16.2. The zero-order valence-corrected chi connectivity index (χ0v) is 12.6. The third-order valence-electron chi connectivity index (χ3n) is 4.06. The van der Waals surface area contributed by atoms with Crippen LogP contribution in [-0.4, -0.2) is 35.7 Å². The van der Waals surface area contributed by atoms with E-state index in [0.717, 1.165) is 31.7 Å². The van der Waals surface area contributed by atoms with E-state index in [4.69, 9.17) is 5.26 Å². The highest BCUT2D eigenvalue weighted by Crippen LogP contribution is 2.25. The number of nitrogens with zero attached hydrogens (tertiary/aromatic N) is 2. The summed E-state index contributed by atoms with van der Waals surface area (Å²) in [5, 5.41) is 21.4. The number of carbonyl (C=O) groups excluding carboxylic acids is 1. The minimum absolute atomic E-state index is 0.0902. The summed E-state index contributed by atoms with van der Waals surface area (Å²) in [5.41, 5.74) is 0.266. The maximum Gasteiger partial charge on any atom is 0.321 e. The highest BCUT2D eigenvalue weighted by atomic mass is 19.1. The molecule has 5 nitrogen and oxygen atoms in total. The number of hydrogen-bond acceptors (Lipinski definition) is 3. The quantitative estimate of drug-likeness (QED) is 0.901. The van der Waals surface area contributed by atoms with E-state index in [1.807, 2.05) is 0 Å². The molecule has 1 saturated carbocycles. The molecule has 6 heteroatoms. The summed E-state index contributed by atoms with van der Waals surface area (Å²) in [6.45, 7) is 0.472. The molecule has 22 heavy (non-hydrogen) atoms. The van der Waals surface area contributed by atoms with Crippen molar-refractivity contribution in [2.75, 3.05) is 18.9 Å². The molecule has 2 amide bonds. The van der Waals surface area contributed by atoms with Gasteiger partial charge in [0.05, 0.1) is 11.7 Å². The highest BCUT2D eigenvalue weighted by molar-refractivity contribution is 5.89. The molecule has 0 heterocycles. The Balaban J connectivity index is 1.95. The molecular formula is C16H20FN3O2. The number of aliphatic hydroxyl groups is 1. The van der Waals surface area contributed by atoms with Gasteiger partial charge >= 0.3 is 6.03 Å². The fraction of sp³-hybridized carbons (Fsp3) is 0.500. The van der Waals surface area contributed by atoms with Gasteiger partial charge in [-0.05, 0) is 31.0 Å². The molecule has 2 N–H and O–H groups in total. The largest absolute Gasteiger partial charge is 0.393 e. The number of nitriles is 1. The van der Waals surface area contributed by atoms with Gasteiger partial charge in [-0.25, -0.2) is 9.18 Å². The Hall–Kier alpha value is -2.13. The normalized spacial score (nSPS) is 21.0. The van der Waals surface area contributed by atoms with Crippen LogP contribution >= 0.6 is 0 Å². The van der Waals surface area contributed by atoms with E-state index in [1.165, 1.54) is 17.0 Å². The van der Waals surface area contributed by atoms with E-state index in [-0.39, 0.29) is 23.6 Å². The molecule has 0 aliphatic heterocycles. The third-order valence-corrected chi connectivity index (χ3v) is 4.06. The predicted octanol–water partition coefficient (Wildman–Crippen LogP) is 2.71. The maximum atomic E-state index is 13.2. The number of anilines is 1. The minimum Gasteiger partial charge on any atom is -0.393 e. The molecule has 118 valence electrons. The van der Waals surface area contributed by atoms with Gasteiger partial charge < -0.3 is 15.3 Å². The Morgan fingerprint density at radius 1 is 1.50 bits per heavy atom. The lowest BCUT2D eigenvalue weighted by molar-refractivity contribution is 0.0575. The van der Waals surface area contributed by atoms with Crippen LogP contribution in [0.15, 0.2) is 18.2 Å². The van der Waals surface area contributed by atoms with Crippen LogP contribution in [0.2, 0.25) is 0 Å². The van der Waals surface area contributed by atoms with Crippen LogP contribution < -0.4 is 5.32 Å². The second-order valence-electron chi connectivity index (χ2n) is 5.73. The summed E-state index contributed by atoms with van der Waals surface area (Å²) in [6, 6.07) is 5.27. The second kappa shape index (κ2) is 7.23. The molecule has 2 atom stereocenters. The molecule has 0 saturated heterocycles. The van der Waals surface area contributed by atoms with E-state index in [0.29, 0.717) is 12.2 Å². The van der Waals surface area contributed by atoms with Gasteiger partial charge in [0.25, 0.3) is 0 Å². The lowest BCUT2D eigenvalue weighted by atomic mass is 9.86. The average Bonchev–Trinajstić information content (AvgIpc) is 2.51. The van der Waals surface area contributed by atoms with E-state index in [2.05, 4.69) is 5.32 Å². The fourth-order valence-corrected chi connectivity index (χ4v) is 2.74. The summed E-state index contributed by atoms with van der Waals surface area (Å²) in [4.78, 5) is 13.6. The van der Waals surface area contributed by atoms with Crippen LogP contribution in [-0.2, 0) is 0 Å². The van der Waals surface area contributed by atoms with Crippen LogP contribution in [0, 0.1) is 23.1 Å². The van der Waals surface area contributed by atoms with Gasteiger partial charge in [-0.1, -0.05) is 12.8 Å². The fourth-order valence-electron chi connectivity index (χ4n) is 2.74. The van der Waals surface area contributed by atoms with E-state index in [1.54, 1.807) is 13.1 Å². The number of aliphatic hydroxyl groups excluding tert-OH is 1.